The molecular formula is C19H23O5P. The molecule has 0 heterocycles. The number of carbonyl (C=O) groups excluding carboxylic acids is 1. The van der Waals surface area contributed by atoms with Crippen LogP contribution in [0, 0.1) is 6.92 Å². The lowest BCUT2D eigenvalue weighted by molar-refractivity contribution is 0.108. The molecule has 1 atom stereocenters. The van der Waals surface area contributed by atoms with Gasteiger partial charge < -0.3 is 18.9 Å². The number of benzene rings is 2. The van der Waals surface area contributed by atoms with Gasteiger partial charge in [0.1, 0.15) is 29.4 Å². The molecule has 0 N–H and O–H groups in total. The Morgan fingerprint density at radius 2 is 1.68 bits per heavy atom. The summed E-state index contributed by atoms with van der Waals surface area (Å²) >= 11 is 0. The van der Waals surface area contributed by atoms with Crippen molar-refractivity contribution in [2.45, 2.75) is 6.92 Å². The Bertz CT molecular complexity index is 707. The summed E-state index contributed by atoms with van der Waals surface area (Å²) in [4.78, 5) is 12.8. The molecule has 0 spiro atoms. The average molecular weight is 362 g/mol. The van der Waals surface area contributed by atoms with Crippen molar-refractivity contribution in [3.05, 3.63) is 47.5 Å². The minimum absolute atomic E-state index is 0.0227. The van der Waals surface area contributed by atoms with E-state index in [4.69, 9.17) is 18.9 Å². The minimum atomic E-state index is -0.0270. The van der Waals surface area contributed by atoms with Crippen LogP contribution in [-0.2, 0) is 4.74 Å². The molecule has 0 aliphatic heterocycles. The molecule has 0 aliphatic rings. The van der Waals surface area contributed by atoms with Crippen LogP contribution in [0.5, 0.6) is 17.2 Å². The van der Waals surface area contributed by atoms with E-state index in [1.165, 1.54) is 0 Å². The SMILES string of the molecule is COCCOc1ccc(PC(=O)c2c(OC)cccc2OC)c(C)c1. The second-order valence-corrected chi connectivity index (χ2v) is 6.55. The molecule has 0 amide bonds. The molecular weight excluding hydrogens is 339 g/mol. The predicted molar refractivity (Wildman–Crippen MR) is 100 cm³/mol. The Labute approximate surface area is 150 Å². The summed E-state index contributed by atoms with van der Waals surface area (Å²) in [6, 6.07) is 11.1. The third-order valence-electron chi connectivity index (χ3n) is 3.66. The van der Waals surface area contributed by atoms with Gasteiger partial charge in [0, 0.05) is 7.11 Å². The highest BCUT2D eigenvalue weighted by atomic mass is 31.1. The maximum Gasteiger partial charge on any atom is 0.193 e. The highest BCUT2D eigenvalue weighted by Crippen LogP contribution is 2.34. The van der Waals surface area contributed by atoms with E-state index >= 15 is 0 Å². The van der Waals surface area contributed by atoms with E-state index in [-0.39, 0.29) is 14.1 Å². The molecule has 0 radical (unpaired) electrons. The zero-order valence-corrected chi connectivity index (χ0v) is 15.9. The van der Waals surface area contributed by atoms with Gasteiger partial charge in [0.15, 0.2) is 5.52 Å². The molecule has 2 aromatic carbocycles. The number of aryl methyl sites for hydroxylation is 1. The molecule has 0 aliphatic carbocycles. The zero-order valence-electron chi connectivity index (χ0n) is 14.9. The molecule has 0 fully saturated rings. The van der Waals surface area contributed by atoms with Crippen LogP contribution >= 0.6 is 8.58 Å². The van der Waals surface area contributed by atoms with Crippen LogP contribution < -0.4 is 19.5 Å². The number of methoxy groups -OCH3 is 3. The zero-order chi connectivity index (χ0) is 18.2. The molecule has 0 saturated carbocycles. The van der Waals surface area contributed by atoms with Crippen molar-refractivity contribution in [1.82, 2.24) is 0 Å². The van der Waals surface area contributed by atoms with E-state index in [2.05, 4.69) is 0 Å². The number of carbonyl (C=O) groups is 1. The minimum Gasteiger partial charge on any atom is -0.496 e. The second kappa shape index (κ2) is 9.40. The van der Waals surface area contributed by atoms with Crippen molar-refractivity contribution in [2.24, 2.45) is 0 Å². The van der Waals surface area contributed by atoms with E-state index in [0.29, 0.717) is 30.3 Å². The highest BCUT2D eigenvalue weighted by molar-refractivity contribution is 7.66. The Morgan fingerprint density at radius 3 is 2.24 bits per heavy atom. The molecule has 0 bridgehead atoms. The number of hydrogen-bond acceptors (Lipinski definition) is 5. The standard InChI is InChI=1S/C19H23O5P/c1-13-12-14(24-11-10-21-2)8-9-17(13)25-19(20)18-15(22-3)6-5-7-16(18)23-4/h5-9,12,25H,10-11H2,1-4H3. The Hall–Kier alpha value is -2.10. The van der Waals surface area contributed by atoms with E-state index in [1.54, 1.807) is 39.5 Å². The molecule has 134 valence electrons. The van der Waals surface area contributed by atoms with Crippen LogP contribution in [0.1, 0.15) is 15.9 Å². The van der Waals surface area contributed by atoms with Gasteiger partial charge in [0.2, 0.25) is 0 Å². The number of hydrogen-bond donors (Lipinski definition) is 0. The quantitative estimate of drug-likeness (QED) is 0.507. The van der Waals surface area contributed by atoms with Gasteiger partial charge in [0.05, 0.1) is 20.8 Å². The van der Waals surface area contributed by atoms with Crippen LogP contribution in [0.2, 0.25) is 0 Å². The maximum atomic E-state index is 12.8. The van der Waals surface area contributed by atoms with Crippen LogP contribution in [0.4, 0.5) is 0 Å². The van der Waals surface area contributed by atoms with Crippen LogP contribution in [0.15, 0.2) is 36.4 Å². The first kappa shape index (κ1) is 19.2. The fourth-order valence-corrected chi connectivity index (χ4v) is 3.42. The fourth-order valence-electron chi connectivity index (χ4n) is 2.37. The molecule has 1 unspecified atom stereocenters. The van der Waals surface area contributed by atoms with E-state index in [1.807, 2.05) is 25.1 Å². The molecule has 2 rings (SSSR count). The molecule has 5 nitrogen and oxygen atoms in total. The number of ether oxygens (including phenoxy) is 4. The monoisotopic (exact) mass is 362 g/mol. The Balaban J connectivity index is 2.18. The topological polar surface area (TPSA) is 54.0 Å². The van der Waals surface area contributed by atoms with Crippen molar-refractivity contribution in [3.8, 4) is 17.2 Å². The summed E-state index contributed by atoms with van der Waals surface area (Å²) < 4.78 is 21.2. The molecule has 25 heavy (non-hydrogen) atoms. The van der Waals surface area contributed by atoms with Gasteiger partial charge in [-0.25, -0.2) is 0 Å². The van der Waals surface area contributed by atoms with Crippen molar-refractivity contribution >= 4 is 19.4 Å². The molecule has 2 aromatic rings. The average Bonchev–Trinajstić information content (AvgIpc) is 2.63. The van der Waals surface area contributed by atoms with Crippen LogP contribution in [0.25, 0.3) is 0 Å². The third-order valence-corrected chi connectivity index (χ3v) is 4.96. The summed E-state index contributed by atoms with van der Waals surface area (Å²) in [5.74, 6) is 1.81. The normalized spacial score (nSPS) is 10.9. The lowest BCUT2D eigenvalue weighted by Gasteiger charge is -2.13. The van der Waals surface area contributed by atoms with E-state index in [9.17, 15) is 4.79 Å². The maximum absolute atomic E-state index is 12.8. The Morgan fingerprint density at radius 1 is 1.00 bits per heavy atom. The van der Waals surface area contributed by atoms with Gasteiger partial charge in [-0.2, -0.15) is 0 Å². The fraction of sp³-hybridized carbons (Fsp3) is 0.316. The predicted octanol–water partition coefficient (Wildman–Crippen LogP) is 3.18. The van der Waals surface area contributed by atoms with Crippen molar-refractivity contribution in [3.63, 3.8) is 0 Å². The van der Waals surface area contributed by atoms with Crippen molar-refractivity contribution < 1.29 is 23.7 Å². The first-order valence-corrected chi connectivity index (χ1v) is 8.85. The first-order chi connectivity index (χ1) is 12.1. The van der Waals surface area contributed by atoms with Gasteiger partial charge in [-0.1, -0.05) is 12.1 Å². The molecule has 0 saturated heterocycles. The Kier molecular flexibility index (Phi) is 7.23. The summed E-state index contributed by atoms with van der Waals surface area (Å²) in [6.07, 6.45) is 0. The summed E-state index contributed by atoms with van der Waals surface area (Å²) in [5.41, 5.74) is 1.46. The highest BCUT2D eigenvalue weighted by Gasteiger charge is 2.19. The second-order valence-electron chi connectivity index (χ2n) is 5.31. The first-order valence-electron chi connectivity index (χ1n) is 7.85. The summed E-state index contributed by atoms with van der Waals surface area (Å²) in [6.45, 7) is 3.00. The van der Waals surface area contributed by atoms with Crippen LogP contribution in [-0.4, -0.2) is 40.1 Å². The summed E-state index contributed by atoms with van der Waals surface area (Å²) in [5, 5.41) is 0.969. The number of rotatable bonds is 9. The lowest BCUT2D eigenvalue weighted by atomic mass is 10.2. The van der Waals surface area contributed by atoms with E-state index < -0.39 is 0 Å². The summed E-state index contributed by atoms with van der Waals surface area (Å²) in [7, 11) is 4.70. The smallest absolute Gasteiger partial charge is 0.193 e. The van der Waals surface area contributed by atoms with Gasteiger partial charge in [-0.3, -0.25) is 4.79 Å². The van der Waals surface area contributed by atoms with Gasteiger partial charge in [-0.05, 0) is 50.6 Å². The van der Waals surface area contributed by atoms with E-state index in [0.717, 1.165) is 16.6 Å². The lowest BCUT2D eigenvalue weighted by Crippen LogP contribution is -2.09. The van der Waals surface area contributed by atoms with Gasteiger partial charge in [-0.15, -0.1) is 0 Å². The van der Waals surface area contributed by atoms with Crippen molar-refractivity contribution in [1.29, 1.82) is 0 Å². The van der Waals surface area contributed by atoms with Gasteiger partial charge >= 0.3 is 0 Å². The molecule has 6 heteroatoms. The third kappa shape index (κ3) is 4.94. The largest absolute Gasteiger partial charge is 0.496 e. The van der Waals surface area contributed by atoms with Crippen LogP contribution in [0.3, 0.4) is 0 Å². The molecule has 0 aromatic heterocycles. The van der Waals surface area contributed by atoms with Gasteiger partial charge in [0.25, 0.3) is 0 Å². The van der Waals surface area contributed by atoms with Crippen molar-refractivity contribution in [2.75, 3.05) is 34.5 Å².